The largest absolute Gasteiger partial charge is 0.417 e. The van der Waals surface area contributed by atoms with Gasteiger partial charge in [0.15, 0.2) is 0 Å². The molecule has 0 unspecified atom stereocenters. The Hall–Kier alpha value is -3.35. The van der Waals surface area contributed by atoms with E-state index in [0.717, 1.165) is 12.3 Å². The Morgan fingerprint density at radius 1 is 1.19 bits per heavy atom. The molecule has 2 rings (SSSR count). The summed E-state index contributed by atoms with van der Waals surface area (Å²) in [5.41, 5.74) is -0.337. The normalized spacial score (nSPS) is 10.8. The summed E-state index contributed by atoms with van der Waals surface area (Å²) in [6, 6.07) is 8.04. The smallest absolute Gasteiger partial charge is 0.384 e. The van der Waals surface area contributed by atoms with E-state index in [0.29, 0.717) is 31.0 Å². The summed E-state index contributed by atoms with van der Waals surface area (Å²) < 4.78 is 37.3. The molecular formula is C16H14F3N5O2. The number of halogens is 3. The fourth-order valence-electron chi connectivity index (χ4n) is 2.09. The van der Waals surface area contributed by atoms with Crippen LogP contribution in [-0.2, 0) is 6.18 Å². The summed E-state index contributed by atoms with van der Waals surface area (Å²) in [5, 5.41) is 25.6. The van der Waals surface area contributed by atoms with Crippen LogP contribution in [0.25, 0.3) is 0 Å². The number of anilines is 2. The molecule has 0 bridgehead atoms. The first kappa shape index (κ1) is 19.0. The summed E-state index contributed by atoms with van der Waals surface area (Å²) in [7, 11) is 0. The van der Waals surface area contributed by atoms with E-state index in [2.05, 4.69) is 15.6 Å². The maximum Gasteiger partial charge on any atom is 0.417 e. The van der Waals surface area contributed by atoms with Crippen LogP contribution in [0.1, 0.15) is 17.5 Å². The van der Waals surface area contributed by atoms with Crippen LogP contribution in [0.5, 0.6) is 0 Å². The van der Waals surface area contributed by atoms with Crippen molar-refractivity contribution < 1.29 is 18.1 Å². The SMILES string of the molecule is N#Cc1cc([N+](=O)[O-])ccc1NCCCNc1ccc(C(F)(F)F)cn1. The van der Waals surface area contributed by atoms with Crippen LogP contribution in [0.15, 0.2) is 36.5 Å². The first-order chi connectivity index (χ1) is 12.3. The number of pyridine rings is 1. The van der Waals surface area contributed by atoms with Crippen molar-refractivity contribution in [1.29, 1.82) is 5.26 Å². The molecule has 1 aromatic heterocycles. The number of hydrogen-bond acceptors (Lipinski definition) is 6. The molecule has 2 N–H and O–H groups in total. The van der Waals surface area contributed by atoms with Crippen LogP contribution in [0.2, 0.25) is 0 Å². The lowest BCUT2D eigenvalue weighted by atomic mass is 10.1. The molecule has 0 saturated heterocycles. The highest BCUT2D eigenvalue weighted by Crippen LogP contribution is 2.28. The van der Waals surface area contributed by atoms with E-state index in [1.807, 2.05) is 6.07 Å². The van der Waals surface area contributed by atoms with Gasteiger partial charge in [0.2, 0.25) is 0 Å². The highest BCUT2D eigenvalue weighted by molar-refractivity contribution is 5.61. The molecule has 0 saturated carbocycles. The Labute approximate surface area is 146 Å². The molecule has 136 valence electrons. The van der Waals surface area contributed by atoms with Crippen LogP contribution in [0, 0.1) is 21.4 Å². The van der Waals surface area contributed by atoms with E-state index < -0.39 is 16.7 Å². The second-order valence-corrected chi connectivity index (χ2v) is 5.24. The zero-order valence-corrected chi connectivity index (χ0v) is 13.4. The standard InChI is InChI=1S/C16H14F3N5O2/c17-16(18,19)12-2-5-15(23-10-12)22-7-1-6-21-14-4-3-13(24(25)26)8-11(14)9-20/h2-5,8,10,21H,1,6-7H2,(H,22,23). The predicted molar refractivity (Wildman–Crippen MR) is 88.6 cm³/mol. The molecule has 2 aromatic rings. The van der Waals surface area contributed by atoms with Crippen LogP contribution >= 0.6 is 0 Å². The van der Waals surface area contributed by atoms with Crippen LogP contribution < -0.4 is 10.6 Å². The van der Waals surface area contributed by atoms with Gasteiger partial charge < -0.3 is 10.6 Å². The molecule has 1 aromatic carbocycles. The van der Waals surface area contributed by atoms with Gasteiger partial charge in [-0.05, 0) is 24.6 Å². The Kier molecular flexibility index (Phi) is 5.95. The monoisotopic (exact) mass is 365 g/mol. The summed E-state index contributed by atoms with van der Waals surface area (Å²) in [6.07, 6.45) is -3.07. The van der Waals surface area contributed by atoms with Crippen molar-refractivity contribution in [1.82, 2.24) is 4.98 Å². The van der Waals surface area contributed by atoms with Gasteiger partial charge >= 0.3 is 6.18 Å². The number of rotatable bonds is 7. The summed E-state index contributed by atoms with van der Waals surface area (Å²) in [5.74, 6) is 0.325. The molecule has 10 heteroatoms. The Bertz CT molecular complexity index is 816. The molecule has 0 aliphatic carbocycles. The minimum Gasteiger partial charge on any atom is -0.384 e. The van der Waals surface area contributed by atoms with Gasteiger partial charge in [0.25, 0.3) is 5.69 Å². The van der Waals surface area contributed by atoms with Crippen molar-refractivity contribution in [3.05, 3.63) is 57.8 Å². The first-order valence-electron chi connectivity index (χ1n) is 7.51. The van der Waals surface area contributed by atoms with Gasteiger partial charge in [-0.1, -0.05) is 0 Å². The number of nitrogens with zero attached hydrogens (tertiary/aromatic N) is 3. The zero-order valence-electron chi connectivity index (χ0n) is 13.4. The summed E-state index contributed by atoms with van der Waals surface area (Å²) in [4.78, 5) is 13.8. The number of nitro groups is 1. The molecule has 0 aliphatic heterocycles. The van der Waals surface area contributed by atoms with Crippen molar-refractivity contribution >= 4 is 17.2 Å². The quantitative estimate of drug-likeness (QED) is 0.439. The second-order valence-electron chi connectivity index (χ2n) is 5.24. The van der Waals surface area contributed by atoms with E-state index in [4.69, 9.17) is 5.26 Å². The molecule has 0 spiro atoms. The minimum absolute atomic E-state index is 0.163. The number of hydrogen-bond donors (Lipinski definition) is 2. The van der Waals surface area contributed by atoms with E-state index in [9.17, 15) is 23.3 Å². The molecule has 26 heavy (non-hydrogen) atoms. The first-order valence-corrected chi connectivity index (χ1v) is 7.51. The molecule has 0 aliphatic rings. The number of nitrogens with one attached hydrogen (secondary N) is 2. The number of aromatic nitrogens is 1. The third-order valence-electron chi connectivity index (χ3n) is 3.40. The maximum atomic E-state index is 12.4. The number of alkyl halides is 3. The Balaban J connectivity index is 1.81. The minimum atomic E-state index is -4.42. The molecule has 0 amide bonds. The van der Waals surface area contributed by atoms with Crippen LogP contribution in [0.3, 0.4) is 0 Å². The molecule has 7 nitrogen and oxygen atoms in total. The van der Waals surface area contributed by atoms with Crippen molar-refractivity contribution in [2.75, 3.05) is 23.7 Å². The molecule has 0 fully saturated rings. The van der Waals surface area contributed by atoms with E-state index >= 15 is 0 Å². The average Bonchev–Trinajstić information content (AvgIpc) is 2.61. The van der Waals surface area contributed by atoms with Crippen LogP contribution in [-0.4, -0.2) is 23.0 Å². The topological polar surface area (TPSA) is 104 Å². The van der Waals surface area contributed by atoms with Gasteiger partial charge in [0.1, 0.15) is 11.9 Å². The lowest BCUT2D eigenvalue weighted by Crippen LogP contribution is -2.11. The summed E-state index contributed by atoms with van der Waals surface area (Å²) in [6.45, 7) is 0.903. The maximum absolute atomic E-state index is 12.4. The van der Waals surface area contributed by atoms with Crippen LogP contribution in [0.4, 0.5) is 30.4 Å². The second kappa shape index (κ2) is 8.15. The molecule has 0 radical (unpaired) electrons. The van der Waals surface area contributed by atoms with Crippen molar-refractivity contribution in [2.45, 2.75) is 12.6 Å². The third-order valence-corrected chi connectivity index (χ3v) is 3.40. The molecule has 0 atom stereocenters. The number of benzene rings is 1. The van der Waals surface area contributed by atoms with Gasteiger partial charge in [-0.3, -0.25) is 10.1 Å². The third kappa shape index (κ3) is 5.07. The fraction of sp³-hybridized carbons (Fsp3) is 0.250. The lowest BCUT2D eigenvalue weighted by molar-refractivity contribution is -0.384. The van der Waals surface area contributed by atoms with Crippen molar-refractivity contribution in [3.63, 3.8) is 0 Å². The average molecular weight is 365 g/mol. The highest BCUT2D eigenvalue weighted by Gasteiger charge is 2.30. The lowest BCUT2D eigenvalue weighted by Gasteiger charge is -2.10. The highest BCUT2D eigenvalue weighted by atomic mass is 19.4. The number of nitro benzene ring substituents is 1. The van der Waals surface area contributed by atoms with Gasteiger partial charge in [-0.15, -0.1) is 0 Å². The van der Waals surface area contributed by atoms with Gasteiger partial charge in [0.05, 0.1) is 21.7 Å². The number of non-ortho nitro benzene ring substituents is 1. The van der Waals surface area contributed by atoms with Gasteiger partial charge in [-0.25, -0.2) is 4.98 Å². The molecule has 1 heterocycles. The predicted octanol–water partition coefficient (Wildman–Crippen LogP) is 3.79. The molecular weight excluding hydrogens is 351 g/mol. The summed E-state index contributed by atoms with van der Waals surface area (Å²) >= 11 is 0. The van der Waals surface area contributed by atoms with E-state index in [1.54, 1.807) is 0 Å². The van der Waals surface area contributed by atoms with E-state index in [1.165, 1.54) is 24.3 Å². The van der Waals surface area contributed by atoms with Crippen molar-refractivity contribution in [3.8, 4) is 6.07 Å². The van der Waals surface area contributed by atoms with Gasteiger partial charge in [0, 0.05) is 31.4 Å². The zero-order chi connectivity index (χ0) is 19.2. The fourth-order valence-corrected chi connectivity index (χ4v) is 2.09. The van der Waals surface area contributed by atoms with Gasteiger partial charge in [-0.2, -0.15) is 18.4 Å². The Morgan fingerprint density at radius 2 is 1.92 bits per heavy atom. The Morgan fingerprint density at radius 3 is 2.50 bits per heavy atom. The van der Waals surface area contributed by atoms with E-state index in [-0.39, 0.29) is 11.3 Å². The number of nitriles is 1. The van der Waals surface area contributed by atoms with Crippen molar-refractivity contribution in [2.24, 2.45) is 0 Å².